The number of amides is 1. The molecule has 1 aromatic carbocycles. The molecule has 7 heteroatoms. The number of carbonyl (C=O) groups excluding carboxylic acids is 1. The van der Waals surface area contributed by atoms with Crippen LogP contribution in [0.5, 0.6) is 0 Å². The van der Waals surface area contributed by atoms with Crippen molar-refractivity contribution in [3.05, 3.63) is 67.9 Å². The SMILES string of the molecule is O=C(CN1CCSCC1)N1CCC(=C2c3ccc(Cl)cc3CCc3cc(Br)cnc32)CC1. The molecule has 0 N–H and O–H groups in total. The number of halogens is 2. The number of piperidine rings is 1. The fraction of sp³-hybridized carbons (Fsp3) is 0.440. The highest BCUT2D eigenvalue weighted by atomic mass is 79.9. The van der Waals surface area contributed by atoms with Gasteiger partial charge in [-0.15, -0.1) is 0 Å². The average molecular weight is 533 g/mol. The molecule has 168 valence electrons. The van der Waals surface area contributed by atoms with E-state index in [0.717, 1.165) is 78.6 Å². The largest absolute Gasteiger partial charge is 0.341 e. The van der Waals surface area contributed by atoms with Crippen molar-refractivity contribution >= 4 is 50.8 Å². The topological polar surface area (TPSA) is 36.4 Å². The van der Waals surface area contributed by atoms with E-state index in [0.29, 0.717) is 6.54 Å². The minimum absolute atomic E-state index is 0.274. The lowest BCUT2D eigenvalue weighted by Gasteiger charge is -2.33. The maximum atomic E-state index is 12.9. The van der Waals surface area contributed by atoms with Crippen LogP contribution in [0.4, 0.5) is 0 Å². The summed E-state index contributed by atoms with van der Waals surface area (Å²) in [5.41, 5.74) is 7.58. The summed E-state index contributed by atoms with van der Waals surface area (Å²) in [6.45, 7) is 4.18. The second-order valence-corrected chi connectivity index (χ2v) is 11.3. The van der Waals surface area contributed by atoms with Gasteiger partial charge in [0, 0.05) is 59.0 Å². The van der Waals surface area contributed by atoms with E-state index in [1.54, 1.807) is 0 Å². The van der Waals surface area contributed by atoms with Crippen LogP contribution in [0.2, 0.25) is 5.02 Å². The Morgan fingerprint density at radius 3 is 2.56 bits per heavy atom. The van der Waals surface area contributed by atoms with Crippen molar-refractivity contribution in [2.24, 2.45) is 0 Å². The predicted octanol–water partition coefficient (Wildman–Crippen LogP) is 5.07. The molecule has 32 heavy (non-hydrogen) atoms. The number of aryl methyl sites for hydroxylation is 2. The number of hydrogen-bond donors (Lipinski definition) is 0. The highest BCUT2D eigenvalue weighted by Crippen LogP contribution is 2.39. The number of likely N-dealkylation sites (tertiary alicyclic amines) is 1. The Morgan fingerprint density at radius 1 is 1.03 bits per heavy atom. The summed E-state index contributed by atoms with van der Waals surface area (Å²) in [7, 11) is 0. The van der Waals surface area contributed by atoms with Gasteiger partial charge in [-0.1, -0.05) is 23.2 Å². The lowest BCUT2D eigenvalue weighted by Crippen LogP contribution is -2.45. The summed E-state index contributed by atoms with van der Waals surface area (Å²) < 4.78 is 1.01. The number of rotatable bonds is 2. The molecule has 0 atom stereocenters. The normalized spacial score (nSPS) is 19.4. The van der Waals surface area contributed by atoms with Crippen molar-refractivity contribution in [2.75, 3.05) is 44.2 Å². The number of fused-ring (bicyclic) bond motifs is 2. The van der Waals surface area contributed by atoms with Gasteiger partial charge in [0.25, 0.3) is 0 Å². The Balaban J connectivity index is 1.42. The first-order valence-electron chi connectivity index (χ1n) is 11.3. The third-order valence-corrected chi connectivity index (χ3v) is 8.32. The summed E-state index contributed by atoms with van der Waals surface area (Å²) >= 11 is 11.9. The maximum Gasteiger partial charge on any atom is 0.236 e. The molecule has 2 aliphatic heterocycles. The minimum atomic E-state index is 0.274. The zero-order chi connectivity index (χ0) is 22.1. The second kappa shape index (κ2) is 9.88. The number of nitrogens with zero attached hydrogens (tertiary/aromatic N) is 3. The fourth-order valence-electron chi connectivity index (χ4n) is 4.99. The molecule has 3 aliphatic rings. The van der Waals surface area contributed by atoms with Gasteiger partial charge in [0.1, 0.15) is 0 Å². The van der Waals surface area contributed by atoms with Crippen LogP contribution in [0.15, 0.2) is 40.5 Å². The van der Waals surface area contributed by atoms with Crippen molar-refractivity contribution < 1.29 is 4.79 Å². The van der Waals surface area contributed by atoms with Gasteiger partial charge in [0.2, 0.25) is 5.91 Å². The van der Waals surface area contributed by atoms with Gasteiger partial charge in [0.15, 0.2) is 0 Å². The van der Waals surface area contributed by atoms with E-state index >= 15 is 0 Å². The molecule has 1 aliphatic carbocycles. The monoisotopic (exact) mass is 531 g/mol. The molecule has 0 bridgehead atoms. The molecule has 2 fully saturated rings. The lowest BCUT2D eigenvalue weighted by molar-refractivity contribution is -0.132. The van der Waals surface area contributed by atoms with E-state index in [2.05, 4.69) is 43.9 Å². The first-order valence-corrected chi connectivity index (χ1v) is 13.6. The van der Waals surface area contributed by atoms with E-state index in [1.165, 1.54) is 27.8 Å². The van der Waals surface area contributed by atoms with Gasteiger partial charge in [-0.05, 0) is 76.5 Å². The Labute approximate surface area is 207 Å². The predicted molar refractivity (Wildman–Crippen MR) is 136 cm³/mol. The standard InChI is InChI=1S/C25H27BrClN3OS/c26-20-13-19-2-1-18-14-21(27)3-4-22(18)24(25(19)28-15-20)17-5-7-30(8-6-17)23(31)16-29-9-11-32-12-10-29/h3-4,13-15H,1-2,5-12,16H2. The molecular formula is C25H27BrClN3OS. The molecule has 2 aromatic rings. The summed E-state index contributed by atoms with van der Waals surface area (Å²) in [5.74, 6) is 2.54. The van der Waals surface area contributed by atoms with Gasteiger partial charge < -0.3 is 4.90 Å². The maximum absolute atomic E-state index is 12.9. The molecule has 0 radical (unpaired) electrons. The second-order valence-electron chi connectivity index (χ2n) is 8.71. The number of benzene rings is 1. The summed E-state index contributed by atoms with van der Waals surface area (Å²) in [6.07, 6.45) is 5.60. The van der Waals surface area contributed by atoms with Crippen molar-refractivity contribution in [3.8, 4) is 0 Å². The van der Waals surface area contributed by atoms with E-state index in [1.807, 2.05) is 24.0 Å². The van der Waals surface area contributed by atoms with Gasteiger partial charge in [-0.3, -0.25) is 14.7 Å². The van der Waals surface area contributed by atoms with Crippen LogP contribution in [0, 0.1) is 0 Å². The first kappa shape index (κ1) is 22.5. The highest BCUT2D eigenvalue weighted by Gasteiger charge is 2.27. The Hall–Kier alpha value is -1.34. The molecule has 5 rings (SSSR count). The van der Waals surface area contributed by atoms with E-state index in [-0.39, 0.29) is 5.91 Å². The van der Waals surface area contributed by atoms with Gasteiger partial charge in [-0.2, -0.15) is 11.8 Å². The van der Waals surface area contributed by atoms with Crippen molar-refractivity contribution in [1.29, 1.82) is 0 Å². The molecule has 1 amide bonds. The number of aromatic nitrogens is 1. The summed E-state index contributed by atoms with van der Waals surface area (Å²) in [6, 6.07) is 8.45. The molecule has 2 saturated heterocycles. The third-order valence-electron chi connectivity index (χ3n) is 6.71. The van der Waals surface area contributed by atoms with Crippen LogP contribution in [0.3, 0.4) is 0 Å². The lowest BCUT2D eigenvalue weighted by atomic mass is 9.88. The van der Waals surface area contributed by atoms with Gasteiger partial charge in [-0.25, -0.2) is 0 Å². The number of thioether (sulfide) groups is 1. The zero-order valence-corrected chi connectivity index (χ0v) is 21.2. The van der Waals surface area contributed by atoms with Crippen LogP contribution in [-0.2, 0) is 17.6 Å². The summed E-state index contributed by atoms with van der Waals surface area (Å²) in [4.78, 5) is 22.1. The number of carbonyl (C=O) groups is 1. The Bertz CT molecular complexity index is 1000. The molecule has 0 saturated carbocycles. The Morgan fingerprint density at radius 2 is 1.78 bits per heavy atom. The van der Waals surface area contributed by atoms with Crippen LogP contribution < -0.4 is 0 Å². The van der Waals surface area contributed by atoms with E-state index in [9.17, 15) is 4.79 Å². The quantitative estimate of drug-likeness (QED) is 0.541. The molecule has 0 spiro atoms. The number of pyridine rings is 1. The Kier molecular flexibility index (Phi) is 6.93. The van der Waals surface area contributed by atoms with Crippen molar-refractivity contribution in [1.82, 2.24) is 14.8 Å². The van der Waals surface area contributed by atoms with Gasteiger partial charge >= 0.3 is 0 Å². The van der Waals surface area contributed by atoms with Crippen LogP contribution in [-0.4, -0.2) is 64.9 Å². The smallest absolute Gasteiger partial charge is 0.236 e. The van der Waals surface area contributed by atoms with E-state index < -0.39 is 0 Å². The third kappa shape index (κ3) is 4.79. The first-order chi connectivity index (χ1) is 15.6. The minimum Gasteiger partial charge on any atom is -0.341 e. The summed E-state index contributed by atoms with van der Waals surface area (Å²) in [5, 5.41) is 0.782. The van der Waals surface area contributed by atoms with Gasteiger partial charge in [0.05, 0.1) is 12.2 Å². The van der Waals surface area contributed by atoms with Crippen LogP contribution in [0.1, 0.15) is 35.2 Å². The fourth-order valence-corrected chi connectivity index (χ4v) is 6.54. The highest BCUT2D eigenvalue weighted by molar-refractivity contribution is 9.10. The van der Waals surface area contributed by atoms with Crippen LogP contribution >= 0.6 is 39.3 Å². The molecule has 3 heterocycles. The molecule has 1 aromatic heterocycles. The van der Waals surface area contributed by atoms with Crippen molar-refractivity contribution in [3.63, 3.8) is 0 Å². The number of hydrogen-bond acceptors (Lipinski definition) is 4. The van der Waals surface area contributed by atoms with E-state index in [4.69, 9.17) is 16.6 Å². The molecule has 0 unspecified atom stereocenters. The molecule has 4 nitrogen and oxygen atoms in total. The van der Waals surface area contributed by atoms with Crippen LogP contribution in [0.25, 0.3) is 5.57 Å². The average Bonchev–Trinajstić information content (AvgIpc) is 2.96. The molecular weight excluding hydrogens is 506 g/mol. The van der Waals surface area contributed by atoms with Crippen molar-refractivity contribution in [2.45, 2.75) is 25.7 Å². The zero-order valence-electron chi connectivity index (χ0n) is 18.1.